The lowest BCUT2D eigenvalue weighted by Gasteiger charge is -2.28. The Morgan fingerprint density at radius 2 is 1.85 bits per heavy atom. The fourth-order valence-corrected chi connectivity index (χ4v) is 4.35. The third kappa shape index (κ3) is 3.50. The number of rotatable bonds is 4. The predicted octanol–water partition coefficient (Wildman–Crippen LogP) is 4.75. The minimum Gasteiger partial charge on any atom is -0.488 e. The number of thioether (sulfide) groups is 1. The summed E-state index contributed by atoms with van der Waals surface area (Å²) in [4.78, 5) is 8.13. The van der Waals surface area contributed by atoms with E-state index in [2.05, 4.69) is 40.8 Å². The first kappa shape index (κ1) is 16.9. The third-order valence-electron chi connectivity index (χ3n) is 4.73. The number of benzene rings is 2. The number of ether oxygens (including phenoxy) is 1. The smallest absolute Gasteiger partial charge is 0.126 e. The minimum absolute atomic E-state index is 0.0833. The van der Waals surface area contributed by atoms with Crippen molar-refractivity contribution in [1.82, 2.24) is 5.32 Å². The van der Waals surface area contributed by atoms with Gasteiger partial charge in [0.1, 0.15) is 17.2 Å². The summed E-state index contributed by atoms with van der Waals surface area (Å²) < 4.78 is 5.89. The zero-order chi connectivity index (χ0) is 18.2. The van der Waals surface area contributed by atoms with Crippen LogP contribution in [0.2, 0.25) is 5.02 Å². The van der Waals surface area contributed by atoms with Crippen LogP contribution in [0.4, 0.5) is 5.69 Å². The maximum absolute atomic E-state index is 5.99. The van der Waals surface area contributed by atoms with Gasteiger partial charge in [-0.1, -0.05) is 35.5 Å². The number of allylic oxidation sites excluding steroid dienone is 2. The molecule has 0 aliphatic carbocycles. The molecule has 3 aliphatic rings. The molecule has 0 amide bonds. The molecule has 0 bridgehead atoms. The molecule has 1 unspecified atom stereocenters. The van der Waals surface area contributed by atoms with Crippen molar-refractivity contribution in [1.29, 1.82) is 0 Å². The molecule has 27 heavy (non-hydrogen) atoms. The highest BCUT2D eigenvalue weighted by atomic mass is 35.5. The van der Waals surface area contributed by atoms with E-state index in [1.165, 1.54) is 10.5 Å². The summed E-state index contributed by atoms with van der Waals surface area (Å²) in [6.45, 7) is 1.85. The maximum atomic E-state index is 5.99. The molecule has 4 nitrogen and oxygen atoms in total. The van der Waals surface area contributed by atoms with E-state index in [-0.39, 0.29) is 5.37 Å². The van der Waals surface area contributed by atoms with Crippen LogP contribution < -0.4 is 15.0 Å². The Morgan fingerprint density at radius 1 is 1.07 bits per heavy atom. The van der Waals surface area contributed by atoms with Gasteiger partial charge in [-0.25, -0.2) is 0 Å². The Kier molecular flexibility index (Phi) is 4.44. The van der Waals surface area contributed by atoms with Crippen LogP contribution in [-0.2, 0) is 0 Å². The van der Waals surface area contributed by atoms with Gasteiger partial charge in [-0.05, 0) is 48.0 Å². The van der Waals surface area contributed by atoms with Gasteiger partial charge in [0, 0.05) is 36.2 Å². The fraction of sp³-hybridized carbons (Fsp3) is 0.190. The van der Waals surface area contributed by atoms with Gasteiger partial charge in [0.25, 0.3) is 0 Å². The van der Waals surface area contributed by atoms with Crippen molar-refractivity contribution in [2.75, 3.05) is 18.0 Å². The second-order valence-corrected chi connectivity index (χ2v) is 8.20. The normalized spacial score (nSPS) is 21.4. The Morgan fingerprint density at radius 3 is 2.56 bits per heavy atom. The van der Waals surface area contributed by atoms with E-state index in [9.17, 15) is 0 Å². The second-order valence-electron chi connectivity index (χ2n) is 6.64. The van der Waals surface area contributed by atoms with Crippen molar-refractivity contribution in [2.24, 2.45) is 4.99 Å². The lowest BCUT2D eigenvalue weighted by Crippen LogP contribution is -2.50. The first-order valence-electron chi connectivity index (χ1n) is 8.91. The molecule has 0 radical (unpaired) electrons. The largest absolute Gasteiger partial charge is 0.488 e. The molecule has 0 spiro atoms. The van der Waals surface area contributed by atoms with Crippen molar-refractivity contribution in [3.63, 3.8) is 0 Å². The van der Waals surface area contributed by atoms with Crippen LogP contribution in [-0.4, -0.2) is 24.9 Å². The molecule has 2 aromatic rings. The van der Waals surface area contributed by atoms with Crippen LogP contribution >= 0.6 is 23.4 Å². The average molecular weight is 396 g/mol. The molecule has 3 aliphatic heterocycles. The number of hydrogen-bond donors (Lipinski definition) is 1. The lowest BCUT2D eigenvalue weighted by molar-refractivity contribution is 0.142. The van der Waals surface area contributed by atoms with Crippen LogP contribution in [0.25, 0.3) is 0 Å². The Balaban J connectivity index is 1.30. The highest BCUT2D eigenvalue weighted by Gasteiger charge is 2.26. The first-order chi connectivity index (χ1) is 13.2. The van der Waals surface area contributed by atoms with E-state index in [1.807, 2.05) is 36.4 Å². The summed E-state index contributed by atoms with van der Waals surface area (Å²) in [6.07, 6.45) is 6.57. The molecule has 1 N–H and O–H groups in total. The van der Waals surface area contributed by atoms with E-state index in [4.69, 9.17) is 21.3 Å². The van der Waals surface area contributed by atoms with Crippen LogP contribution in [0.15, 0.2) is 76.9 Å². The van der Waals surface area contributed by atoms with Gasteiger partial charge < -0.3 is 15.0 Å². The number of nitrogens with one attached hydrogen (secondary N) is 1. The number of anilines is 1. The minimum atomic E-state index is 0.0833. The van der Waals surface area contributed by atoms with Crippen LogP contribution in [0.3, 0.4) is 0 Å². The standard InChI is InChI=1S/C21H18ClN3OS/c22-15-3-1-14(2-4-15)21-24-19-9-10-25(13-20(19)27-21)16-5-7-17(8-6-16)26-18-11-23-12-18/h1-10,13,18,21,23H,11-12H2. The molecule has 1 atom stereocenters. The summed E-state index contributed by atoms with van der Waals surface area (Å²) in [7, 11) is 0. The number of fused-ring (bicyclic) bond motifs is 1. The molecule has 1 fully saturated rings. The van der Waals surface area contributed by atoms with Gasteiger partial charge in [0.05, 0.1) is 10.6 Å². The molecule has 2 aromatic carbocycles. The molecule has 6 heteroatoms. The molecule has 1 saturated heterocycles. The Labute approximate surface area is 167 Å². The molecule has 0 saturated carbocycles. The highest BCUT2D eigenvalue weighted by Crippen LogP contribution is 2.44. The Hall–Kier alpha value is -2.21. The number of hydrogen-bond acceptors (Lipinski definition) is 5. The number of nitrogens with zero attached hydrogens (tertiary/aromatic N) is 2. The van der Waals surface area contributed by atoms with E-state index >= 15 is 0 Å². The zero-order valence-electron chi connectivity index (χ0n) is 14.5. The van der Waals surface area contributed by atoms with Crippen molar-refractivity contribution in [2.45, 2.75) is 11.5 Å². The van der Waals surface area contributed by atoms with Crippen LogP contribution in [0, 0.1) is 0 Å². The maximum Gasteiger partial charge on any atom is 0.126 e. The van der Waals surface area contributed by atoms with Crippen LogP contribution in [0.1, 0.15) is 10.9 Å². The summed E-state index contributed by atoms with van der Waals surface area (Å²) >= 11 is 7.76. The molecule has 5 rings (SSSR count). The molecule has 0 aromatic heterocycles. The predicted molar refractivity (Wildman–Crippen MR) is 113 cm³/mol. The zero-order valence-corrected chi connectivity index (χ0v) is 16.1. The average Bonchev–Trinajstić information content (AvgIpc) is 3.09. The van der Waals surface area contributed by atoms with Gasteiger partial charge >= 0.3 is 0 Å². The van der Waals surface area contributed by atoms with Gasteiger partial charge in [-0.2, -0.15) is 0 Å². The molecular formula is C21H18ClN3OS. The van der Waals surface area contributed by atoms with Crippen molar-refractivity contribution >= 4 is 34.8 Å². The topological polar surface area (TPSA) is 36.9 Å². The monoisotopic (exact) mass is 395 g/mol. The van der Waals surface area contributed by atoms with Crippen LogP contribution in [0.5, 0.6) is 5.75 Å². The van der Waals surface area contributed by atoms with Gasteiger partial charge in [-0.15, -0.1) is 0 Å². The van der Waals surface area contributed by atoms with Crippen molar-refractivity contribution in [3.8, 4) is 5.75 Å². The summed E-state index contributed by atoms with van der Waals surface area (Å²) in [5.41, 5.74) is 3.31. The fourth-order valence-electron chi connectivity index (χ4n) is 3.10. The number of aliphatic imine (C=N–C) groups is 1. The van der Waals surface area contributed by atoms with E-state index in [0.29, 0.717) is 6.10 Å². The molecular weight excluding hydrogens is 378 g/mol. The van der Waals surface area contributed by atoms with Gasteiger partial charge in [0.2, 0.25) is 0 Å². The van der Waals surface area contributed by atoms with Gasteiger partial charge in [0.15, 0.2) is 0 Å². The second kappa shape index (κ2) is 7.08. The molecule has 3 heterocycles. The van der Waals surface area contributed by atoms with E-state index < -0.39 is 0 Å². The lowest BCUT2D eigenvalue weighted by atomic mass is 10.2. The Bertz CT molecular complexity index is 933. The quantitative estimate of drug-likeness (QED) is 0.810. The van der Waals surface area contributed by atoms with Crippen molar-refractivity contribution in [3.05, 3.63) is 82.5 Å². The van der Waals surface area contributed by atoms with Gasteiger partial charge in [-0.3, -0.25) is 4.99 Å². The van der Waals surface area contributed by atoms with E-state index in [0.717, 1.165) is 35.3 Å². The van der Waals surface area contributed by atoms with Crippen molar-refractivity contribution < 1.29 is 4.74 Å². The number of halogens is 1. The molecule has 136 valence electrons. The summed E-state index contributed by atoms with van der Waals surface area (Å²) in [5, 5.41) is 4.05. The van der Waals surface area contributed by atoms with E-state index in [1.54, 1.807) is 11.8 Å². The summed E-state index contributed by atoms with van der Waals surface area (Å²) in [6, 6.07) is 16.1. The highest BCUT2D eigenvalue weighted by molar-refractivity contribution is 8.04. The SMILES string of the molecule is Clc1ccc(C2N=C3C=CN(c4ccc(OC5CNC5)cc4)C=C3S2)cc1. The summed E-state index contributed by atoms with van der Waals surface area (Å²) in [5.74, 6) is 0.916. The third-order valence-corrected chi connectivity index (χ3v) is 6.15. The first-order valence-corrected chi connectivity index (χ1v) is 10.2.